The van der Waals surface area contributed by atoms with Crippen molar-refractivity contribution in [3.05, 3.63) is 52.3 Å². The highest BCUT2D eigenvalue weighted by atomic mass is 28.3. The molecule has 2 rings (SSSR count). The van der Waals surface area contributed by atoms with E-state index in [1.165, 1.54) is 0 Å². The van der Waals surface area contributed by atoms with Crippen LogP contribution in [0.3, 0.4) is 0 Å². The fourth-order valence-corrected chi connectivity index (χ4v) is 19.6. The molecule has 6 nitrogen and oxygen atoms in total. The van der Waals surface area contributed by atoms with E-state index in [9.17, 15) is 0 Å². The van der Waals surface area contributed by atoms with Crippen molar-refractivity contribution in [2.24, 2.45) is 0 Å². The second-order valence-electron chi connectivity index (χ2n) is 18.2. The van der Waals surface area contributed by atoms with Crippen LogP contribution in [-0.2, 0) is 10.8 Å². The molecule has 0 fully saturated rings. The van der Waals surface area contributed by atoms with Gasteiger partial charge in [-0.2, -0.15) is 0 Å². The summed E-state index contributed by atoms with van der Waals surface area (Å²) in [6, 6.07) is 8.14. The SMILES string of the molecule is COc1cc(C(C)(C)C(=C=C(C#C[Si](C(C)C)(C(C)C)C(C)C)C(C)(C)c2cc(OC)c(OC)c(OC)c2)C#C[Si](C(C)C)(C(C)C)C(C)C)cc(OC)c1OC. The van der Waals surface area contributed by atoms with E-state index in [1.54, 1.807) is 42.7 Å². The second kappa shape index (κ2) is 19.8. The van der Waals surface area contributed by atoms with Gasteiger partial charge in [0.05, 0.1) is 53.8 Å². The first-order valence-electron chi connectivity index (χ1n) is 20.6. The Morgan fingerprint density at radius 3 is 0.825 bits per heavy atom. The third-order valence-corrected chi connectivity index (χ3v) is 25.4. The minimum atomic E-state index is -2.19. The van der Waals surface area contributed by atoms with Crippen molar-refractivity contribution < 1.29 is 28.4 Å². The molecule has 0 bridgehead atoms. The summed E-state index contributed by atoms with van der Waals surface area (Å²) in [6.45, 7) is 37.0. The lowest BCUT2D eigenvalue weighted by Gasteiger charge is -2.38. The lowest BCUT2D eigenvalue weighted by molar-refractivity contribution is 0.323. The second-order valence-corrected chi connectivity index (χ2v) is 29.4. The zero-order valence-electron chi connectivity index (χ0n) is 39.7. The van der Waals surface area contributed by atoms with Crippen LogP contribution in [0.5, 0.6) is 34.5 Å². The molecular formula is C49H76O6Si2. The fraction of sp³-hybridized carbons (Fsp3) is 0.612. The van der Waals surface area contributed by atoms with Crippen molar-refractivity contribution in [2.45, 2.75) is 155 Å². The largest absolute Gasteiger partial charge is 0.493 e. The van der Waals surface area contributed by atoms with E-state index in [0.29, 0.717) is 67.7 Å². The van der Waals surface area contributed by atoms with Crippen LogP contribution in [0.1, 0.15) is 122 Å². The van der Waals surface area contributed by atoms with Crippen LogP contribution in [0.4, 0.5) is 0 Å². The summed E-state index contributed by atoms with van der Waals surface area (Å²) in [4.78, 5) is 0. The van der Waals surface area contributed by atoms with Gasteiger partial charge in [0.25, 0.3) is 0 Å². The molecule has 0 aliphatic heterocycles. The molecule has 0 heterocycles. The predicted molar refractivity (Wildman–Crippen MR) is 246 cm³/mol. The zero-order chi connectivity index (χ0) is 43.8. The first-order valence-corrected chi connectivity index (χ1v) is 25.1. The van der Waals surface area contributed by atoms with Gasteiger partial charge in [-0.3, -0.25) is 0 Å². The van der Waals surface area contributed by atoms with E-state index in [1.807, 2.05) is 24.3 Å². The third kappa shape index (κ3) is 9.79. The molecule has 0 unspecified atom stereocenters. The van der Waals surface area contributed by atoms with Crippen LogP contribution in [-0.4, -0.2) is 58.8 Å². The number of ether oxygens (including phenoxy) is 6. The summed E-state index contributed by atoms with van der Waals surface area (Å²) in [5.74, 6) is 11.2. The van der Waals surface area contributed by atoms with Crippen LogP contribution in [0.2, 0.25) is 33.2 Å². The molecule has 316 valence electrons. The monoisotopic (exact) mass is 817 g/mol. The Morgan fingerprint density at radius 1 is 0.421 bits per heavy atom. The molecule has 0 spiro atoms. The van der Waals surface area contributed by atoms with E-state index < -0.39 is 27.0 Å². The van der Waals surface area contributed by atoms with E-state index in [0.717, 1.165) is 22.3 Å². The summed E-state index contributed by atoms with van der Waals surface area (Å²) < 4.78 is 35.0. The molecule has 0 aliphatic rings. The van der Waals surface area contributed by atoms with Crippen LogP contribution in [0, 0.1) is 22.9 Å². The Bertz CT molecular complexity index is 1660. The molecule has 0 atom stereocenters. The molecule has 0 aromatic heterocycles. The molecule has 2 aromatic carbocycles. The Hall–Kier alpha value is -3.69. The Balaban J connectivity index is 3.54. The molecule has 0 N–H and O–H groups in total. The summed E-state index contributed by atoms with van der Waals surface area (Å²) in [7, 11) is 5.50. The maximum Gasteiger partial charge on any atom is 0.203 e. The third-order valence-electron chi connectivity index (χ3n) is 12.8. The normalized spacial score (nSPS) is 12.3. The number of hydrogen-bond acceptors (Lipinski definition) is 6. The minimum Gasteiger partial charge on any atom is -0.493 e. The van der Waals surface area contributed by atoms with Gasteiger partial charge in [0.15, 0.2) is 23.0 Å². The molecule has 0 amide bonds. The Morgan fingerprint density at radius 2 is 0.649 bits per heavy atom. The van der Waals surface area contributed by atoms with Gasteiger partial charge in [-0.05, 0) is 68.6 Å². The Kier molecular flexibility index (Phi) is 17.2. The van der Waals surface area contributed by atoms with Crippen molar-refractivity contribution in [2.75, 3.05) is 42.7 Å². The summed E-state index contributed by atoms with van der Waals surface area (Å²) in [5.41, 5.74) is 17.1. The maximum atomic E-state index is 5.88. The molecular weight excluding hydrogens is 741 g/mol. The molecule has 8 heteroatoms. The van der Waals surface area contributed by atoms with E-state index in [2.05, 4.69) is 139 Å². The molecule has 0 aliphatic carbocycles. The average molecular weight is 817 g/mol. The lowest BCUT2D eigenvalue weighted by Crippen LogP contribution is -2.43. The Labute approximate surface area is 350 Å². The lowest BCUT2D eigenvalue weighted by atomic mass is 9.74. The molecule has 0 saturated carbocycles. The first-order chi connectivity index (χ1) is 26.4. The van der Waals surface area contributed by atoms with Gasteiger partial charge in [0.1, 0.15) is 16.1 Å². The molecule has 57 heavy (non-hydrogen) atoms. The van der Waals surface area contributed by atoms with Gasteiger partial charge in [0.2, 0.25) is 11.5 Å². The zero-order valence-corrected chi connectivity index (χ0v) is 41.7. The number of hydrogen-bond donors (Lipinski definition) is 0. The van der Waals surface area contributed by atoms with Crippen molar-refractivity contribution in [3.8, 4) is 57.4 Å². The maximum absolute atomic E-state index is 5.88. The van der Waals surface area contributed by atoms with Crippen LogP contribution < -0.4 is 28.4 Å². The average Bonchev–Trinajstić information content (AvgIpc) is 3.14. The summed E-state index contributed by atoms with van der Waals surface area (Å²) in [5, 5.41) is 0. The van der Waals surface area contributed by atoms with Gasteiger partial charge in [0, 0.05) is 10.8 Å². The van der Waals surface area contributed by atoms with Crippen molar-refractivity contribution in [3.63, 3.8) is 0 Å². The van der Waals surface area contributed by atoms with Crippen LogP contribution in [0.15, 0.2) is 41.1 Å². The quantitative estimate of drug-likeness (QED) is 0.0955. The number of methoxy groups -OCH3 is 6. The van der Waals surface area contributed by atoms with Gasteiger partial charge < -0.3 is 28.4 Å². The highest BCUT2D eigenvalue weighted by molar-refractivity contribution is 6.91. The molecule has 0 saturated heterocycles. The van der Waals surface area contributed by atoms with Crippen molar-refractivity contribution >= 4 is 16.1 Å². The number of benzene rings is 2. The molecule has 0 radical (unpaired) electrons. The predicted octanol–water partition coefficient (Wildman–Crippen LogP) is 12.9. The summed E-state index contributed by atoms with van der Waals surface area (Å²) >= 11 is 0. The van der Waals surface area contributed by atoms with Gasteiger partial charge in [-0.1, -0.05) is 128 Å². The van der Waals surface area contributed by atoms with Gasteiger partial charge in [-0.25, -0.2) is 0 Å². The number of rotatable bonds is 16. The van der Waals surface area contributed by atoms with Crippen LogP contribution >= 0.6 is 0 Å². The van der Waals surface area contributed by atoms with Gasteiger partial charge >= 0.3 is 0 Å². The summed E-state index contributed by atoms with van der Waals surface area (Å²) in [6.07, 6.45) is 0. The molecule has 2 aromatic rings. The van der Waals surface area contributed by atoms with E-state index in [-0.39, 0.29) is 0 Å². The highest BCUT2D eigenvalue weighted by Gasteiger charge is 2.43. The van der Waals surface area contributed by atoms with Gasteiger partial charge in [-0.15, -0.1) is 11.1 Å². The highest BCUT2D eigenvalue weighted by Crippen LogP contribution is 2.47. The van der Waals surface area contributed by atoms with Crippen molar-refractivity contribution in [1.82, 2.24) is 0 Å². The number of allylic oxidation sites excluding steroid dienone is 1. The smallest absolute Gasteiger partial charge is 0.203 e. The first kappa shape index (κ1) is 49.5. The fourth-order valence-electron chi connectivity index (χ4n) is 9.19. The van der Waals surface area contributed by atoms with Crippen LogP contribution in [0.25, 0.3) is 0 Å². The standard InChI is InChI=1S/C49H76O6Si2/c1-32(2)56(33(3)4,34(5)6)25-23-38(48(13,14)40-28-42(50-17)46(54-21)43(29-40)51-18)27-39(24-26-57(35(7)8,36(9)10)37(11)12)49(15,16)41-30-44(52-19)47(55-22)45(31-41)53-20/h28-37H,1-22H3. The van der Waals surface area contributed by atoms with E-state index in [4.69, 9.17) is 28.4 Å². The topological polar surface area (TPSA) is 55.4 Å². The minimum absolute atomic E-state index is 0.448. The van der Waals surface area contributed by atoms with E-state index >= 15 is 0 Å². The van der Waals surface area contributed by atoms with Crippen molar-refractivity contribution in [1.29, 1.82) is 0 Å².